The molecule has 1 aromatic heterocycles. The molecule has 0 N–H and O–H groups in total. The van der Waals surface area contributed by atoms with Crippen LogP contribution in [-0.4, -0.2) is 16.1 Å². The van der Waals surface area contributed by atoms with Gasteiger partial charge in [-0.2, -0.15) is 0 Å². The normalized spacial score (nSPS) is 13.0. The molecule has 0 spiro atoms. The number of rotatable bonds is 5. The molecule has 6 rings (SSSR count). The van der Waals surface area contributed by atoms with Gasteiger partial charge in [-0.15, -0.1) is 0 Å². The highest BCUT2D eigenvalue weighted by Crippen LogP contribution is 2.33. The number of halogens is 1. The molecule has 6 aromatic rings. The number of para-hydroxylation sites is 2. The summed E-state index contributed by atoms with van der Waals surface area (Å²) in [5, 5.41) is 2.47. The number of aliphatic imine (C=N–C) groups is 2. The summed E-state index contributed by atoms with van der Waals surface area (Å²) in [6, 6.07) is 40.8. The number of hydrogen-bond donors (Lipinski definition) is 0. The van der Waals surface area contributed by atoms with Crippen LogP contribution in [0, 0.1) is 0 Å². The molecule has 0 saturated carbocycles. The third kappa shape index (κ3) is 6.80. The van der Waals surface area contributed by atoms with Gasteiger partial charge in [0.1, 0.15) is 0 Å². The maximum absolute atomic E-state index is 5.20. The van der Waals surface area contributed by atoms with Crippen LogP contribution in [0.2, 0.25) is 0 Å². The van der Waals surface area contributed by atoms with Crippen molar-refractivity contribution >= 4 is 55.0 Å². The smallest absolute Gasteiger partial charge is 0.160 e. The zero-order valence-corrected chi connectivity index (χ0v) is 30.0. The van der Waals surface area contributed by atoms with Crippen molar-refractivity contribution < 1.29 is 0 Å². The van der Waals surface area contributed by atoms with Gasteiger partial charge in [0.2, 0.25) is 0 Å². The number of benzene rings is 5. The summed E-state index contributed by atoms with van der Waals surface area (Å²) in [7, 11) is 0. The molecule has 0 aliphatic carbocycles. The van der Waals surface area contributed by atoms with Gasteiger partial charge in [0, 0.05) is 32.2 Å². The van der Waals surface area contributed by atoms with Gasteiger partial charge in [-0.25, -0.2) is 9.98 Å². The SMILES string of the molecule is C=C(N=C(N=C(C)c1cc(Br)cc(-n2c3ccccc3c3ccccc32)c1)c1ccc(C(C)(C)C)cc1)c1ccc(C(C)(C)C)cc1. The molecule has 1 heterocycles. The van der Waals surface area contributed by atoms with E-state index in [0.717, 1.165) is 32.6 Å². The van der Waals surface area contributed by atoms with Crippen molar-refractivity contribution in [2.24, 2.45) is 9.98 Å². The topological polar surface area (TPSA) is 29.6 Å². The van der Waals surface area contributed by atoms with Crippen molar-refractivity contribution in [1.29, 1.82) is 0 Å². The summed E-state index contributed by atoms with van der Waals surface area (Å²) >= 11 is 3.81. The Bertz CT molecular complexity index is 2110. The van der Waals surface area contributed by atoms with Gasteiger partial charge >= 0.3 is 0 Å². The Labute approximate surface area is 287 Å². The van der Waals surface area contributed by atoms with Crippen LogP contribution in [0.15, 0.2) is 136 Å². The second-order valence-corrected chi connectivity index (χ2v) is 15.2. The third-order valence-corrected chi connectivity index (χ3v) is 9.20. The van der Waals surface area contributed by atoms with E-state index in [0.29, 0.717) is 11.5 Å². The number of hydrogen-bond acceptors (Lipinski definition) is 1. The summed E-state index contributed by atoms with van der Waals surface area (Å²) in [6.45, 7) is 19.8. The van der Waals surface area contributed by atoms with Crippen molar-refractivity contribution in [1.82, 2.24) is 4.57 Å². The van der Waals surface area contributed by atoms with Crippen molar-refractivity contribution in [3.8, 4) is 5.69 Å². The molecule has 4 heteroatoms. The number of fused-ring (bicyclic) bond motifs is 3. The van der Waals surface area contributed by atoms with Crippen LogP contribution in [0.1, 0.15) is 76.3 Å². The van der Waals surface area contributed by atoms with Gasteiger partial charge in [0.05, 0.1) is 16.7 Å². The Hall–Kier alpha value is -4.54. The second kappa shape index (κ2) is 12.6. The molecule has 0 unspecified atom stereocenters. The van der Waals surface area contributed by atoms with Crippen LogP contribution >= 0.6 is 15.9 Å². The Morgan fingerprint density at radius 3 is 1.60 bits per heavy atom. The van der Waals surface area contributed by atoms with E-state index in [1.54, 1.807) is 0 Å². The first-order valence-electron chi connectivity index (χ1n) is 16.1. The van der Waals surface area contributed by atoms with Crippen molar-refractivity contribution in [3.05, 3.63) is 154 Å². The minimum atomic E-state index is 0.0486. The molecule has 0 atom stereocenters. The number of aromatic nitrogens is 1. The molecule has 47 heavy (non-hydrogen) atoms. The summed E-state index contributed by atoms with van der Waals surface area (Å²) in [4.78, 5) is 10.3. The van der Waals surface area contributed by atoms with Crippen LogP contribution in [0.25, 0.3) is 33.2 Å². The molecule has 0 saturated heterocycles. The molecule has 0 bridgehead atoms. The Kier molecular flexibility index (Phi) is 8.67. The summed E-state index contributed by atoms with van der Waals surface area (Å²) in [6.07, 6.45) is 0. The Morgan fingerprint density at radius 1 is 0.596 bits per heavy atom. The van der Waals surface area contributed by atoms with Gasteiger partial charge in [0.15, 0.2) is 5.84 Å². The zero-order valence-electron chi connectivity index (χ0n) is 28.4. The largest absolute Gasteiger partial charge is 0.309 e. The number of nitrogens with zero attached hydrogens (tertiary/aromatic N) is 3. The molecular weight excluding hydrogens is 638 g/mol. The predicted octanol–water partition coefficient (Wildman–Crippen LogP) is 12.1. The molecular formula is C43H42BrN3. The number of amidine groups is 1. The van der Waals surface area contributed by atoms with E-state index in [1.165, 1.54) is 32.9 Å². The van der Waals surface area contributed by atoms with Crippen molar-refractivity contribution in [2.75, 3.05) is 0 Å². The van der Waals surface area contributed by atoms with E-state index in [4.69, 9.17) is 9.98 Å². The van der Waals surface area contributed by atoms with Gasteiger partial charge in [-0.3, -0.25) is 0 Å². The summed E-state index contributed by atoms with van der Waals surface area (Å²) in [5.74, 6) is 0.631. The standard InChI is InChI=1S/C43H42BrN3/c1-28(30-17-21-33(22-18-30)42(3,4)5)45-41(31-19-23-34(24-20-31)43(6,7)8)46-29(2)32-25-35(44)27-36(26-32)47-39-15-11-9-13-37(39)38-14-10-12-16-40(38)47/h9-27H,1H2,2-8H3. The molecule has 0 radical (unpaired) electrons. The lowest BCUT2D eigenvalue weighted by molar-refractivity contribution is 0.590. The van der Waals surface area contributed by atoms with Gasteiger partial charge in [-0.1, -0.05) is 149 Å². The monoisotopic (exact) mass is 679 g/mol. The summed E-state index contributed by atoms with van der Waals surface area (Å²) < 4.78 is 3.31. The van der Waals surface area contributed by atoms with Gasteiger partial charge < -0.3 is 4.57 Å². The van der Waals surface area contributed by atoms with Crippen LogP contribution < -0.4 is 0 Å². The lowest BCUT2D eigenvalue weighted by atomic mass is 9.86. The van der Waals surface area contributed by atoms with E-state index in [2.05, 4.69) is 191 Å². The average molecular weight is 681 g/mol. The first-order chi connectivity index (χ1) is 22.3. The van der Waals surface area contributed by atoms with E-state index in [1.807, 2.05) is 0 Å². The summed E-state index contributed by atoms with van der Waals surface area (Å²) in [5.41, 5.74) is 10.5. The lowest BCUT2D eigenvalue weighted by Crippen LogP contribution is -2.11. The van der Waals surface area contributed by atoms with E-state index < -0.39 is 0 Å². The maximum atomic E-state index is 5.20. The molecule has 0 aliphatic heterocycles. The molecule has 0 aliphatic rings. The molecule has 0 amide bonds. The van der Waals surface area contributed by atoms with Crippen LogP contribution in [0.3, 0.4) is 0 Å². The second-order valence-electron chi connectivity index (χ2n) is 14.3. The van der Waals surface area contributed by atoms with Gasteiger partial charge in [-0.05, 0) is 70.3 Å². The van der Waals surface area contributed by atoms with E-state index in [-0.39, 0.29) is 10.8 Å². The Morgan fingerprint density at radius 2 is 1.09 bits per heavy atom. The van der Waals surface area contributed by atoms with Gasteiger partial charge in [0.25, 0.3) is 0 Å². The third-order valence-electron chi connectivity index (χ3n) is 8.75. The fourth-order valence-corrected chi connectivity index (χ4v) is 6.45. The molecule has 3 nitrogen and oxygen atoms in total. The minimum Gasteiger partial charge on any atom is -0.309 e. The Balaban J connectivity index is 1.45. The lowest BCUT2D eigenvalue weighted by Gasteiger charge is -2.19. The first kappa shape index (κ1) is 32.4. The fourth-order valence-electron chi connectivity index (χ4n) is 5.96. The van der Waals surface area contributed by atoms with Crippen LogP contribution in [0.4, 0.5) is 0 Å². The van der Waals surface area contributed by atoms with E-state index in [9.17, 15) is 0 Å². The highest BCUT2D eigenvalue weighted by atomic mass is 79.9. The highest BCUT2D eigenvalue weighted by molar-refractivity contribution is 9.10. The average Bonchev–Trinajstić information content (AvgIpc) is 3.38. The first-order valence-corrected chi connectivity index (χ1v) is 16.9. The molecule has 5 aromatic carbocycles. The fraction of sp³-hybridized carbons (Fsp3) is 0.209. The van der Waals surface area contributed by atoms with Crippen molar-refractivity contribution in [2.45, 2.75) is 59.3 Å². The highest BCUT2D eigenvalue weighted by Gasteiger charge is 2.17. The molecule has 236 valence electrons. The maximum Gasteiger partial charge on any atom is 0.160 e. The van der Waals surface area contributed by atoms with Crippen molar-refractivity contribution in [3.63, 3.8) is 0 Å². The quantitative estimate of drug-likeness (QED) is 0.128. The van der Waals surface area contributed by atoms with E-state index >= 15 is 0 Å². The van der Waals surface area contributed by atoms with Crippen LogP contribution in [-0.2, 0) is 10.8 Å². The van der Waals surface area contributed by atoms with Crippen LogP contribution in [0.5, 0.6) is 0 Å². The predicted molar refractivity (Wildman–Crippen MR) is 207 cm³/mol. The minimum absolute atomic E-state index is 0.0486. The molecule has 0 fully saturated rings. The zero-order chi connectivity index (χ0) is 33.5.